The second-order valence-corrected chi connectivity index (χ2v) is 35.7. The molecule has 9 rings (SSSR count). The standard InChI is InChI=1S/C77H136/c1-25-46(9)47(10)35-66-69(45(7)8)77(28-4)48(11)42-76(24)64(67(77)43-72(66,18)19)29-30-68-74(22)33-31-57-38-59-40-61(44(5)6)63(39-58-36-55(26-2)50(13)49(12)51(58)14)54(17)62(59)41-60-37-56(27-3)52(15)53(16)70(60)73(20,21)71(57)65(74)32-34-75(68,76)23/h45-71H,5,25-43H2,1-4,6-24H3/t46?,47?,48?,49-,50?,51?,52?,53?,54?,55-,56-,57?,58?,59?,60-,61?,62?,63?,64?,65?,66?,67?,68?,69?,70?,71?,74?,75+,76?,77?/m0/s1. The van der Waals surface area contributed by atoms with Gasteiger partial charge in [-0.25, -0.2) is 0 Å². The van der Waals surface area contributed by atoms with Crippen LogP contribution in [0.15, 0.2) is 12.2 Å². The van der Waals surface area contributed by atoms with Gasteiger partial charge in [0.15, 0.2) is 0 Å². The van der Waals surface area contributed by atoms with Crippen LogP contribution in [-0.4, -0.2) is 0 Å². The molecule has 0 amide bonds. The van der Waals surface area contributed by atoms with Crippen molar-refractivity contribution < 1.29 is 0 Å². The minimum Gasteiger partial charge on any atom is -0.0999 e. The molecule has 0 heterocycles. The van der Waals surface area contributed by atoms with E-state index in [1.807, 2.05) is 0 Å². The van der Waals surface area contributed by atoms with Gasteiger partial charge in [-0.1, -0.05) is 184 Å². The van der Waals surface area contributed by atoms with Gasteiger partial charge in [0.2, 0.25) is 0 Å². The highest BCUT2D eigenvalue weighted by molar-refractivity contribution is 5.22. The average molecular weight is 1060 g/mol. The SMILES string of the molecule is C=C(C)C1CC2CC3CCC4(C)C(CC[C@]5(C)C4CCC4C6CC(C)(C)C(CC(C)C(C)CC)C(C(C)C)C6(CC)C(C)CC45C)C3C(C)(C)C3C(C)C(C)[C@@H](CC)C[C@H]3CC2C(C)C1CC1C[C@H](CC)C(C)[C@H](C)C1C. The molecule has 0 aliphatic heterocycles. The zero-order valence-electron chi connectivity index (χ0n) is 56.2. The lowest BCUT2D eigenvalue weighted by molar-refractivity contribution is -0.281. The first-order valence-electron chi connectivity index (χ1n) is 35.6. The fourth-order valence-corrected chi connectivity index (χ4v) is 28.0. The molecule has 9 fully saturated rings. The van der Waals surface area contributed by atoms with E-state index < -0.39 is 0 Å². The molecule has 0 aromatic carbocycles. The number of rotatable bonds is 11. The van der Waals surface area contributed by atoms with E-state index in [1.54, 1.807) is 5.57 Å². The Bertz CT molecular complexity index is 2010. The minimum atomic E-state index is 0.356. The lowest BCUT2D eigenvalue weighted by Crippen LogP contribution is -2.70. The summed E-state index contributed by atoms with van der Waals surface area (Å²) in [4.78, 5) is 0. The first-order valence-corrected chi connectivity index (χ1v) is 35.6. The first-order chi connectivity index (χ1) is 36.0. The Morgan fingerprint density at radius 3 is 1.81 bits per heavy atom. The van der Waals surface area contributed by atoms with Crippen LogP contribution in [0.25, 0.3) is 0 Å². The first kappa shape index (κ1) is 61.3. The van der Waals surface area contributed by atoms with Gasteiger partial charge in [0.25, 0.3) is 0 Å². The second-order valence-electron chi connectivity index (χ2n) is 35.7. The molecule has 0 nitrogen and oxygen atoms in total. The molecular weight excluding hydrogens is 925 g/mol. The summed E-state index contributed by atoms with van der Waals surface area (Å²) in [5.41, 5.74) is 4.05. The van der Waals surface area contributed by atoms with Gasteiger partial charge in [-0.15, -0.1) is 0 Å². The lowest BCUT2D eigenvalue weighted by Gasteiger charge is -2.76. The Kier molecular flexibility index (Phi) is 17.5. The molecule has 77 heavy (non-hydrogen) atoms. The van der Waals surface area contributed by atoms with Crippen LogP contribution < -0.4 is 0 Å². The Labute approximate surface area is 483 Å². The van der Waals surface area contributed by atoms with Crippen LogP contribution in [0.2, 0.25) is 0 Å². The van der Waals surface area contributed by atoms with Crippen LogP contribution in [0.5, 0.6) is 0 Å². The van der Waals surface area contributed by atoms with Gasteiger partial charge in [-0.05, 0) is 302 Å². The van der Waals surface area contributed by atoms with Crippen molar-refractivity contribution in [1.82, 2.24) is 0 Å². The van der Waals surface area contributed by atoms with Crippen LogP contribution in [-0.2, 0) is 0 Å². The molecule has 0 heteroatoms. The summed E-state index contributed by atoms with van der Waals surface area (Å²) in [6, 6.07) is 0. The van der Waals surface area contributed by atoms with Gasteiger partial charge in [0.05, 0.1) is 0 Å². The van der Waals surface area contributed by atoms with E-state index in [0.29, 0.717) is 38.4 Å². The minimum absolute atomic E-state index is 0.356. The largest absolute Gasteiger partial charge is 0.0999 e. The number of hydrogen-bond acceptors (Lipinski definition) is 0. The van der Waals surface area contributed by atoms with Crippen LogP contribution in [0.4, 0.5) is 0 Å². The molecule has 0 radical (unpaired) electrons. The maximum atomic E-state index is 4.96. The van der Waals surface area contributed by atoms with Crippen molar-refractivity contribution >= 4 is 0 Å². The molecule has 0 aromatic heterocycles. The third kappa shape index (κ3) is 9.45. The Morgan fingerprint density at radius 2 is 1.19 bits per heavy atom. The molecule has 0 saturated heterocycles. The number of hydrogen-bond donors (Lipinski definition) is 0. The lowest BCUT2D eigenvalue weighted by atomic mass is 9.28. The smallest absolute Gasteiger partial charge is 0.0175 e. The predicted molar refractivity (Wildman–Crippen MR) is 336 cm³/mol. The Hall–Kier alpha value is -0.260. The number of fused-ring (bicyclic) bond motifs is 11. The van der Waals surface area contributed by atoms with E-state index >= 15 is 0 Å². The summed E-state index contributed by atoms with van der Waals surface area (Å²) in [5.74, 6) is 22.7. The van der Waals surface area contributed by atoms with Gasteiger partial charge < -0.3 is 0 Å². The molecule has 0 N–H and O–H groups in total. The normalized spacial score (nSPS) is 54.0. The van der Waals surface area contributed by atoms with E-state index in [-0.39, 0.29) is 0 Å². The molecular formula is C77H136. The summed E-state index contributed by atoms with van der Waals surface area (Å²) in [6.45, 7) is 67.9. The van der Waals surface area contributed by atoms with Gasteiger partial charge in [-0.2, -0.15) is 0 Å². The third-order valence-corrected chi connectivity index (χ3v) is 32.7. The zero-order chi connectivity index (χ0) is 56.6. The van der Waals surface area contributed by atoms with Crippen LogP contribution in [0.1, 0.15) is 281 Å². The predicted octanol–water partition coefficient (Wildman–Crippen LogP) is 23.1. The second kappa shape index (κ2) is 22.0. The van der Waals surface area contributed by atoms with Crippen LogP contribution in [0, 0.1) is 192 Å². The molecule has 9 aliphatic rings. The maximum absolute atomic E-state index is 4.96. The van der Waals surface area contributed by atoms with E-state index in [1.165, 1.54) is 122 Å². The monoisotopic (exact) mass is 1060 g/mol. The number of allylic oxidation sites excluding steroid dienone is 1. The van der Waals surface area contributed by atoms with E-state index in [0.717, 1.165) is 154 Å². The highest BCUT2D eigenvalue weighted by atomic mass is 14.8. The molecule has 0 spiro atoms. The van der Waals surface area contributed by atoms with Crippen LogP contribution >= 0.6 is 0 Å². The summed E-state index contributed by atoms with van der Waals surface area (Å²) >= 11 is 0. The van der Waals surface area contributed by atoms with E-state index in [2.05, 4.69) is 159 Å². The topological polar surface area (TPSA) is 0 Å². The van der Waals surface area contributed by atoms with Crippen molar-refractivity contribution in [2.75, 3.05) is 0 Å². The van der Waals surface area contributed by atoms with Crippen molar-refractivity contribution in [3.05, 3.63) is 12.2 Å². The molecule has 9 aliphatic carbocycles. The molecule has 9 saturated carbocycles. The quantitative estimate of drug-likeness (QED) is 0.181. The van der Waals surface area contributed by atoms with Gasteiger partial charge in [0, 0.05) is 0 Å². The van der Waals surface area contributed by atoms with Crippen molar-refractivity contribution in [2.24, 2.45) is 192 Å². The molecule has 0 aromatic rings. The average Bonchev–Trinajstić information content (AvgIpc) is 3.62. The summed E-state index contributed by atoms with van der Waals surface area (Å²) in [6.07, 6.45) is 28.0. The van der Waals surface area contributed by atoms with Crippen LogP contribution in [0.3, 0.4) is 0 Å². The third-order valence-electron chi connectivity index (χ3n) is 32.7. The zero-order valence-corrected chi connectivity index (χ0v) is 56.2. The van der Waals surface area contributed by atoms with Gasteiger partial charge in [-0.3, -0.25) is 0 Å². The molecule has 25 unspecified atom stereocenters. The van der Waals surface area contributed by atoms with Crippen molar-refractivity contribution in [1.29, 1.82) is 0 Å². The summed E-state index contributed by atoms with van der Waals surface area (Å²) in [7, 11) is 0. The Balaban J connectivity index is 1.06. The van der Waals surface area contributed by atoms with E-state index in [9.17, 15) is 0 Å². The molecule has 444 valence electrons. The molecule has 30 atom stereocenters. The van der Waals surface area contributed by atoms with E-state index in [4.69, 9.17) is 6.58 Å². The Morgan fingerprint density at radius 1 is 0.558 bits per heavy atom. The molecule has 0 bridgehead atoms. The highest BCUT2D eigenvalue weighted by Gasteiger charge is 2.73. The highest BCUT2D eigenvalue weighted by Crippen LogP contribution is 2.80. The fraction of sp³-hybridized carbons (Fsp3) is 0.974. The van der Waals surface area contributed by atoms with Crippen molar-refractivity contribution in [3.8, 4) is 0 Å². The summed E-state index contributed by atoms with van der Waals surface area (Å²) < 4.78 is 0. The van der Waals surface area contributed by atoms with Crippen molar-refractivity contribution in [2.45, 2.75) is 281 Å². The maximum Gasteiger partial charge on any atom is -0.0175 e. The van der Waals surface area contributed by atoms with Gasteiger partial charge in [0.1, 0.15) is 0 Å². The van der Waals surface area contributed by atoms with Gasteiger partial charge >= 0.3 is 0 Å². The summed E-state index contributed by atoms with van der Waals surface area (Å²) in [5, 5.41) is 0. The fourth-order valence-electron chi connectivity index (χ4n) is 28.0. The van der Waals surface area contributed by atoms with Crippen molar-refractivity contribution in [3.63, 3.8) is 0 Å².